The van der Waals surface area contributed by atoms with E-state index in [9.17, 15) is 0 Å². The standard InChI is InChI=1S/C16H13Cl2N3S/c17-13-5-1-4-12(16(13)18)14-9-21-15(22-14)10-20-8-11-3-2-6-19-7-11/h1-7,9,20H,8,10H2. The van der Waals surface area contributed by atoms with E-state index in [4.69, 9.17) is 23.2 Å². The Balaban J connectivity index is 1.65. The third-order valence-electron chi connectivity index (χ3n) is 3.10. The maximum Gasteiger partial charge on any atom is 0.107 e. The van der Waals surface area contributed by atoms with Crippen molar-refractivity contribution in [2.24, 2.45) is 0 Å². The molecule has 0 aliphatic heterocycles. The lowest BCUT2D eigenvalue weighted by Crippen LogP contribution is -2.12. The van der Waals surface area contributed by atoms with Crippen LogP contribution in [0.2, 0.25) is 10.0 Å². The molecule has 112 valence electrons. The molecule has 0 amide bonds. The van der Waals surface area contributed by atoms with Crippen LogP contribution >= 0.6 is 34.5 Å². The second-order valence-electron chi connectivity index (χ2n) is 4.68. The summed E-state index contributed by atoms with van der Waals surface area (Å²) in [6.45, 7) is 1.47. The smallest absolute Gasteiger partial charge is 0.107 e. The van der Waals surface area contributed by atoms with Crippen molar-refractivity contribution < 1.29 is 0 Å². The SMILES string of the molecule is Clc1cccc(-c2cnc(CNCc3cccnc3)s2)c1Cl. The summed E-state index contributed by atoms with van der Waals surface area (Å²) in [4.78, 5) is 9.54. The number of halogens is 2. The number of thiazole rings is 1. The summed E-state index contributed by atoms with van der Waals surface area (Å²) in [5, 5.41) is 5.50. The first-order valence-corrected chi connectivity index (χ1v) is 8.30. The molecule has 3 aromatic rings. The second kappa shape index (κ2) is 7.20. The van der Waals surface area contributed by atoms with Gasteiger partial charge in [-0.3, -0.25) is 4.98 Å². The first-order valence-electron chi connectivity index (χ1n) is 6.73. The van der Waals surface area contributed by atoms with Crippen molar-refractivity contribution in [2.75, 3.05) is 0 Å². The Kier molecular flexibility index (Phi) is 5.05. The van der Waals surface area contributed by atoms with Crippen LogP contribution in [0.4, 0.5) is 0 Å². The normalized spacial score (nSPS) is 10.8. The molecule has 0 fully saturated rings. The van der Waals surface area contributed by atoms with Crippen LogP contribution in [0.15, 0.2) is 48.9 Å². The highest BCUT2D eigenvalue weighted by molar-refractivity contribution is 7.15. The predicted octanol–water partition coefficient (Wildman–Crippen LogP) is 4.80. The molecule has 0 saturated heterocycles. The molecule has 0 unspecified atom stereocenters. The van der Waals surface area contributed by atoms with Crippen molar-refractivity contribution >= 4 is 34.5 Å². The summed E-state index contributed by atoms with van der Waals surface area (Å²) in [6, 6.07) is 9.60. The molecule has 1 N–H and O–H groups in total. The van der Waals surface area contributed by atoms with Gasteiger partial charge in [0.05, 0.1) is 14.9 Å². The zero-order chi connectivity index (χ0) is 15.4. The molecule has 0 atom stereocenters. The van der Waals surface area contributed by atoms with Gasteiger partial charge < -0.3 is 5.32 Å². The number of benzene rings is 1. The summed E-state index contributed by atoms with van der Waals surface area (Å²) in [7, 11) is 0. The van der Waals surface area contributed by atoms with E-state index in [0.717, 1.165) is 27.6 Å². The lowest BCUT2D eigenvalue weighted by atomic mass is 10.2. The first kappa shape index (κ1) is 15.4. The van der Waals surface area contributed by atoms with Crippen LogP contribution in [-0.4, -0.2) is 9.97 Å². The van der Waals surface area contributed by atoms with Crippen LogP contribution in [0.25, 0.3) is 10.4 Å². The monoisotopic (exact) mass is 349 g/mol. The van der Waals surface area contributed by atoms with Crippen molar-refractivity contribution in [3.05, 3.63) is 69.5 Å². The van der Waals surface area contributed by atoms with Crippen LogP contribution in [0.5, 0.6) is 0 Å². The van der Waals surface area contributed by atoms with E-state index in [-0.39, 0.29) is 0 Å². The van der Waals surface area contributed by atoms with E-state index in [1.54, 1.807) is 23.6 Å². The third kappa shape index (κ3) is 3.65. The van der Waals surface area contributed by atoms with E-state index in [0.29, 0.717) is 16.6 Å². The van der Waals surface area contributed by atoms with Gasteiger partial charge in [-0.15, -0.1) is 11.3 Å². The molecule has 0 bridgehead atoms. The number of hydrogen-bond acceptors (Lipinski definition) is 4. The Morgan fingerprint density at radius 3 is 2.77 bits per heavy atom. The highest BCUT2D eigenvalue weighted by Gasteiger charge is 2.10. The molecule has 0 spiro atoms. The van der Waals surface area contributed by atoms with Gasteiger partial charge >= 0.3 is 0 Å². The van der Waals surface area contributed by atoms with Crippen LogP contribution < -0.4 is 5.32 Å². The fourth-order valence-corrected chi connectivity index (χ4v) is 3.40. The minimum Gasteiger partial charge on any atom is -0.306 e. The molecular weight excluding hydrogens is 337 g/mol. The Hall–Kier alpha value is -1.46. The van der Waals surface area contributed by atoms with Crippen LogP contribution in [0.3, 0.4) is 0 Å². The van der Waals surface area contributed by atoms with E-state index in [1.807, 2.05) is 36.7 Å². The van der Waals surface area contributed by atoms with Gasteiger partial charge in [0.1, 0.15) is 5.01 Å². The highest BCUT2D eigenvalue weighted by atomic mass is 35.5. The van der Waals surface area contributed by atoms with Crippen LogP contribution in [-0.2, 0) is 13.1 Å². The minimum absolute atomic E-state index is 0.559. The van der Waals surface area contributed by atoms with Crippen molar-refractivity contribution in [1.29, 1.82) is 0 Å². The summed E-state index contributed by atoms with van der Waals surface area (Å²) in [5.74, 6) is 0. The fourth-order valence-electron chi connectivity index (χ4n) is 2.03. The van der Waals surface area contributed by atoms with Gasteiger partial charge in [0.25, 0.3) is 0 Å². The average molecular weight is 350 g/mol. The molecule has 22 heavy (non-hydrogen) atoms. The molecule has 0 saturated carbocycles. The molecule has 1 aromatic carbocycles. The Morgan fingerprint density at radius 1 is 1.05 bits per heavy atom. The van der Waals surface area contributed by atoms with Crippen molar-refractivity contribution in [2.45, 2.75) is 13.1 Å². The number of hydrogen-bond donors (Lipinski definition) is 1. The topological polar surface area (TPSA) is 37.8 Å². The zero-order valence-corrected chi connectivity index (χ0v) is 13.9. The molecule has 3 rings (SSSR count). The van der Waals surface area contributed by atoms with Gasteiger partial charge in [-0.1, -0.05) is 41.4 Å². The lowest BCUT2D eigenvalue weighted by Gasteiger charge is -2.03. The number of nitrogens with zero attached hydrogens (tertiary/aromatic N) is 2. The molecule has 2 aromatic heterocycles. The summed E-state index contributed by atoms with van der Waals surface area (Å²) >= 11 is 13.9. The Labute approximate surface area is 143 Å². The minimum atomic E-state index is 0.559. The van der Waals surface area contributed by atoms with Crippen molar-refractivity contribution in [3.8, 4) is 10.4 Å². The molecule has 2 heterocycles. The fraction of sp³-hybridized carbons (Fsp3) is 0.125. The number of nitrogens with one attached hydrogen (secondary N) is 1. The largest absolute Gasteiger partial charge is 0.306 e. The third-order valence-corrected chi connectivity index (χ3v) is 4.95. The van der Waals surface area contributed by atoms with E-state index < -0.39 is 0 Å². The first-order chi connectivity index (χ1) is 10.7. The maximum absolute atomic E-state index is 6.25. The summed E-state index contributed by atoms with van der Waals surface area (Å²) in [6.07, 6.45) is 5.46. The zero-order valence-electron chi connectivity index (χ0n) is 11.6. The molecule has 0 radical (unpaired) electrons. The molecular formula is C16H13Cl2N3S. The van der Waals surface area contributed by atoms with E-state index in [1.165, 1.54) is 0 Å². The van der Waals surface area contributed by atoms with Crippen LogP contribution in [0, 0.1) is 0 Å². The van der Waals surface area contributed by atoms with Gasteiger partial charge in [-0.05, 0) is 17.7 Å². The number of rotatable bonds is 5. The Bertz CT molecular complexity index is 759. The average Bonchev–Trinajstić information content (AvgIpc) is 3.00. The van der Waals surface area contributed by atoms with E-state index in [2.05, 4.69) is 15.3 Å². The molecule has 0 aliphatic carbocycles. The van der Waals surface area contributed by atoms with Crippen molar-refractivity contribution in [3.63, 3.8) is 0 Å². The Morgan fingerprint density at radius 2 is 1.95 bits per heavy atom. The van der Waals surface area contributed by atoms with Gasteiger partial charge in [0, 0.05) is 37.2 Å². The van der Waals surface area contributed by atoms with Crippen LogP contribution in [0.1, 0.15) is 10.6 Å². The van der Waals surface area contributed by atoms with Gasteiger partial charge in [0.2, 0.25) is 0 Å². The molecule has 3 nitrogen and oxygen atoms in total. The molecule has 6 heteroatoms. The summed E-state index contributed by atoms with van der Waals surface area (Å²) in [5.41, 5.74) is 2.07. The summed E-state index contributed by atoms with van der Waals surface area (Å²) < 4.78 is 0. The lowest BCUT2D eigenvalue weighted by molar-refractivity contribution is 0.688. The molecule has 0 aliphatic rings. The van der Waals surface area contributed by atoms with Gasteiger partial charge in [-0.25, -0.2) is 4.98 Å². The van der Waals surface area contributed by atoms with Gasteiger partial charge in [0.15, 0.2) is 0 Å². The highest BCUT2D eigenvalue weighted by Crippen LogP contribution is 2.36. The van der Waals surface area contributed by atoms with E-state index >= 15 is 0 Å². The number of pyridine rings is 1. The maximum atomic E-state index is 6.25. The predicted molar refractivity (Wildman–Crippen MR) is 92.4 cm³/mol. The quantitative estimate of drug-likeness (QED) is 0.718. The second-order valence-corrected chi connectivity index (χ2v) is 6.58. The number of aromatic nitrogens is 2. The van der Waals surface area contributed by atoms with Crippen molar-refractivity contribution in [1.82, 2.24) is 15.3 Å². The van der Waals surface area contributed by atoms with Gasteiger partial charge in [-0.2, -0.15) is 0 Å².